The lowest BCUT2D eigenvalue weighted by atomic mass is 10.0. The highest BCUT2D eigenvalue weighted by atomic mass is 32.2. The fourth-order valence-corrected chi connectivity index (χ4v) is 6.16. The fourth-order valence-electron chi connectivity index (χ4n) is 4.65. The van der Waals surface area contributed by atoms with Crippen LogP contribution in [0.5, 0.6) is 0 Å². The minimum atomic E-state index is -3.56. The second-order valence-corrected chi connectivity index (χ2v) is 10.6. The predicted molar refractivity (Wildman–Crippen MR) is 136 cm³/mol. The molecular formula is C26H32N4O4S. The van der Waals surface area contributed by atoms with Gasteiger partial charge in [-0.2, -0.15) is 9.41 Å². The number of sulfonamides is 1. The van der Waals surface area contributed by atoms with Crippen molar-refractivity contribution in [2.75, 3.05) is 31.1 Å². The van der Waals surface area contributed by atoms with Gasteiger partial charge in [-0.3, -0.25) is 9.59 Å². The zero-order chi connectivity index (χ0) is 25.0. The van der Waals surface area contributed by atoms with Crippen LogP contribution in [0.1, 0.15) is 50.7 Å². The van der Waals surface area contributed by atoms with Crippen LogP contribution >= 0.6 is 0 Å². The van der Waals surface area contributed by atoms with Crippen molar-refractivity contribution in [1.29, 1.82) is 0 Å². The van der Waals surface area contributed by atoms with Gasteiger partial charge in [-0.25, -0.2) is 13.4 Å². The smallest absolute Gasteiger partial charge is 0.243 e. The third-order valence-corrected chi connectivity index (χ3v) is 8.61. The number of anilines is 1. The highest BCUT2D eigenvalue weighted by Gasteiger charge is 2.28. The Kier molecular flexibility index (Phi) is 7.66. The van der Waals surface area contributed by atoms with Crippen LogP contribution < -0.4 is 4.90 Å². The van der Waals surface area contributed by atoms with Crippen molar-refractivity contribution in [2.24, 2.45) is 5.10 Å². The number of carbonyl (C=O) groups excluding carboxylic acids is 2. The molecule has 0 aliphatic carbocycles. The number of hydrogen-bond acceptors (Lipinski definition) is 5. The van der Waals surface area contributed by atoms with Crippen LogP contribution in [-0.2, 0) is 26.0 Å². The molecule has 2 heterocycles. The average molecular weight is 497 g/mol. The molecular weight excluding hydrogens is 464 g/mol. The van der Waals surface area contributed by atoms with E-state index in [9.17, 15) is 18.0 Å². The molecule has 35 heavy (non-hydrogen) atoms. The molecule has 2 amide bonds. The van der Waals surface area contributed by atoms with Gasteiger partial charge in [-0.05, 0) is 42.2 Å². The Morgan fingerprint density at radius 3 is 2.37 bits per heavy atom. The van der Waals surface area contributed by atoms with E-state index in [4.69, 9.17) is 0 Å². The van der Waals surface area contributed by atoms with Crippen molar-refractivity contribution in [2.45, 2.75) is 50.8 Å². The first-order valence-electron chi connectivity index (χ1n) is 12.2. The van der Waals surface area contributed by atoms with Crippen LogP contribution in [0.2, 0.25) is 0 Å². The van der Waals surface area contributed by atoms with E-state index in [0.717, 1.165) is 28.9 Å². The molecule has 2 aliphatic heterocycles. The Hall–Kier alpha value is -3.04. The van der Waals surface area contributed by atoms with Gasteiger partial charge >= 0.3 is 0 Å². The van der Waals surface area contributed by atoms with Crippen molar-refractivity contribution in [3.8, 4) is 0 Å². The SMILES string of the molecule is CCN(CC)S(=O)(=O)c1ccc2c(c1)CCCN2C(=O)CCC(=O)N1CCC(c2ccccc2)=N1. The van der Waals surface area contributed by atoms with E-state index in [-0.39, 0.29) is 29.6 Å². The molecule has 0 bridgehead atoms. The van der Waals surface area contributed by atoms with Crippen LogP contribution in [0, 0.1) is 0 Å². The van der Waals surface area contributed by atoms with Crippen LogP contribution in [0.4, 0.5) is 5.69 Å². The van der Waals surface area contributed by atoms with Gasteiger partial charge < -0.3 is 4.90 Å². The third-order valence-electron chi connectivity index (χ3n) is 6.56. The maximum Gasteiger partial charge on any atom is 0.243 e. The fraction of sp³-hybridized carbons (Fsp3) is 0.423. The van der Waals surface area contributed by atoms with Crippen LogP contribution in [0.15, 0.2) is 58.5 Å². The summed E-state index contributed by atoms with van der Waals surface area (Å²) in [5.74, 6) is -0.299. The van der Waals surface area contributed by atoms with Crippen molar-refractivity contribution in [3.05, 3.63) is 59.7 Å². The van der Waals surface area contributed by atoms with E-state index in [1.807, 2.05) is 44.2 Å². The van der Waals surface area contributed by atoms with Crippen molar-refractivity contribution < 1.29 is 18.0 Å². The van der Waals surface area contributed by atoms with Crippen LogP contribution in [-0.4, -0.2) is 61.4 Å². The maximum absolute atomic E-state index is 13.0. The Balaban J connectivity index is 1.41. The molecule has 0 atom stereocenters. The number of rotatable bonds is 8. The summed E-state index contributed by atoms with van der Waals surface area (Å²) in [6.07, 6.45) is 2.33. The second kappa shape index (κ2) is 10.7. The summed E-state index contributed by atoms with van der Waals surface area (Å²) in [6.45, 7) is 5.52. The van der Waals surface area contributed by atoms with Gasteiger partial charge in [0.05, 0.1) is 17.2 Å². The highest BCUT2D eigenvalue weighted by molar-refractivity contribution is 7.89. The summed E-state index contributed by atoms with van der Waals surface area (Å²) in [6, 6.07) is 14.8. The monoisotopic (exact) mass is 496 g/mol. The third kappa shape index (κ3) is 5.31. The van der Waals surface area contributed by atoms with Crippen molar-refractivity contribution in [3.63, 3.8) is 0 Å². The molecule has 2 aromatic carbocycles. The molecule has 2 aromatic rings. The summed E-state index contributed by atoms with van der Waals surface area (Å²) in [4.78, 5) is 27.7. The van der Waals surface area contributed by atoms with Crippen LogP contribution in [0.25, 0.3) is 0 Å². The Labute approximate surface area is 207 Å². The van der Waals surface area contributed by atoms with Gasteiger partial charge in [-0.1, -0.05) is 44.2 Å². The van der Waals surface area contributed by atoms with Gasteiger partial charge in [-0.15, -0.1) is 0 Å². The molecule has 0 saturated heterocycles. The molecule has 0 radical (unpaired) electrons. The van der Waals surface area contributed by atoms with Crippen molar-refractivity contribution >= 4 is 33.2 Å². The summed E-state index contributed by atoms with van der Waals surface area (Å²) < 4.78 is 27.2. The Morgan fingerprint density at radius 1 is 0.943 bits per heavy atom. The first-order chi connectivity index (χ1) is 16.8. The first kappa shape index (κ1) is 25.1. The van der Waals surface area contributed by atoms with E-state index < -0.39 is 10.0 Å². The zero-order valence-corrected chi connectivity index (χ0v) is 21.1. The Morgan fingerprint density at radius 2 is 1.66 bits per heavy atom. The molecule has 0 fully saturated rings. The van der Waals surface area contributed by atoms with E-state index in [1.165, 1.54) is 9.31 Å². The lowest BCUT2D eigenvalue weighted by molar-refractivity contribution is -0.132. The highest BCUT2D eigenvalue weighted by Crippen LogP contribution is 2.31. The summed E-state index contributed by atoms with van der Waals surface area (Å²) in [5.41, 5.74) is 3.47. The summed E-state index contributed by atoms with van der Waals surface area (Å²) in [5, 5.41) is 5.92. The van der Waals surface area contributed by atoms with Crippen molar-refractivity contribution in [1.82, 2.24) is 9.31 Å². The second-order valence-electron chi connectivity index (χ2n) is 8.71. The number of carbonyl (C=O) groups is 2. The topological polar surface area (TPSA) is 90.4 Å². The lowest BCUT2D eigenvalue weighted by Gasteiger charge is -2.30. The van der Waals surface area contributed by atoms with Gasteiger partial charge in [0.15, 0.2) is 0 Å². The maximum atomic E-state index is 13.0. The number of aryl methyl sites for hydroxylation is 1. The lowest BCUT2D eigenvalue weighted by Crippen LogP contribution is -2.36. The first-order valence-corrected chi connectivity index (χ1v) is 13.7. The van der Waals surface area contributed by atoms with E-state index >= 15 is 0 Å². The minimum Gasteiger partial charge on any atom is -0.312 e. The molecule has 0 spiro atoms. The number of fused-ring (bicyclic) bond motifs is 1. The number of nitrogens with zero attached hydrogens (tertiary/aromatic N) is 4. The normalized spacial score (nSPS) is 15.8. The standard InChI is InChI=1S/C26H32N4O4S/c1-3-28(4-2)35(33,34)22-12-13-24-21(19-22)11-8-17-29(24)25(31)14-15-26(32)30-18-16-23(27-30)20-9-6-5-7-10-20/h5-7,9-10,12-13,19H,3-4,8,11,14-18H2,1-2H3. The van der Waals surface area contributed by atoms with Crippen LogP contribution in [0.3, 0.4) is 0 Å². The Bertz CT molecular complexity index is 1220. The van der Waals surface area contributed by atoms with E-state index in [2.05, 4.69) is 5.10 Å². The molecule has 4 rings (SSSR count). The molecule has 2 aliphatic rings. The number of amides is 2. The van der Waals surface area contributed by atoms with Gasteiger partial charge in [0.1, 0.15) is 0 Å². The quantitative estimate of drug-likeness (QED) is 0.560. The molecule has 0 saturated carbocycles. The molecule has 9 heteroatoms. The summed E-state index contributed by atoms with van der Waals surface area (Å²) in [7, 11) is -3.56. The molecule has 0 aromatic heterocycles. The predicted octanol–water partition coefficient (Wildman–Crippen LogP) is 3.41. The number of benzene rings is 2. The minimum absolute atomic E-state index is 0.0878. The largest absolute Gasteiger partial charge is 0.312 e. The van der Waals surface area contributed by atoms with Gasteiger partial charge in [0, 0.05) is 44.6 Å². The van der Waals surface area contributed by atoms with Gasteiger partial charge in [0.25, 0.3) is 0 Å². The molecule has 0 N–H and O–H groups in total. The molecule has 0 unspecified atom stereocenters. The molecule has 186 valence electrons. The summed E-state index contributed by atoms with van der Waals surface area (Å²) >= 11 is 0. The number of hydrogen-bond donors (Lipinski definition) is 0. The van der Waals surface area contributed by atoms with E-state index in [0.29, 0.717) is 39.0 Å². The van der Waals surface area contributed by atoms with Gasteiger partial charge in [0.2, 0.25) is 21.8 Å². The molecule has 8 nitrogen and oxygen atoms in total. The number of hydrazone groups is 1. The van der Waals surface area contributed by atoms with E-state index in [1.54, 1.807) is 23.1 Å². The average Bonchev–Trinajstić information content (AvgIpc) is 3.38. The zero-order valence-electron chi connectivity index (χ0n) is 20.3.